The number of carbonyl (C=O) groups is 3. The number of halogens is 1. The lowest BCUT2D eigenvalue weighted by molar-refractivity contribution is -0.124. The van der Waals surface area contributed by atoms with Crippen LogP contribution in [0.15, 0.2) is 59.1 Å². The highest BCUT2D eigenvalue weighted by Gasteiger charge is 2.51. The molecule has 0 bridgehead atoms. The molecule has 2 amide bonds. The molecule has 39 heavy (non-hydrogen) atoms. The minimum atomic E-state index is -0.989. The highest BCUT2D eigenvalue weighted by molar-refractivity contribution is 6.37. The fraction of sp³-hybridized carbons (Fsp3) is 0.259. The third kappa shape index (κ3) is 5.26. The number of methoxy groups -OCH3 is 1. The lowest BCUT2D eigenvalue weighted by atomic mass is 10.1. The highest BCUT2D eigenvalue weighted by Crippen LogP contribution is 2.39. The number of ether oxygens (including phenoxy) is 3. The van der Waals surface area contributed by atoms with Crippen LogP contribution in [0.4, 0.5) is 4.79 Å². The average molecular weight is 553 g/mol. The summed E-state index contributed by atoms with van der Waals surface area (Å²) in [6.45, 7) is 2.09. The first-order valence-electron chi connectivity index (χ1n) is 12.2. The molecule has 0 atom stereocenters. The van der Waals surface area contributed by atoms with Crippen molar-refractivity contribution in [2.45, 2.75) is 31.8 Å². The van der Waals surface area contributed by atoms with Crippen LogP contribution in [0, 0.1) is 0 Å². The van der Waals surface area contributed by atoms with E-state index in [9.17, 15) is 14.4 Å². The van der Waals surface area contributed by atoms with Gasteiger partial charge in [0.05, 0.1) is 25.3 Å². The molecule has 1 fully saturated rings. The summed E-state index contributed by atoms with van der Waals surface area (Å²) in [4.78, 5) is 37.4. The van der Waals surface area contributed by atoms with Gasteiger partial charge >= 0.3 is 6.16 Å². The number of fused-ring (bicyclic) bond motifs is 1. The summed E-state index contributed by atoms with van der Waals surface area (Å²) < 4.78 is 22.0. The van der Waals surface area contributed by atoms with Crippen LogP contribution in [-0.4, -0.2) is 46.9 Å². The smallest absolute Gasteiger partial charge is 0.479 e. The van der Waals surface area contributed by atoms with E-state index >= 15 is 0 Å². The van der Waals surface area contributed by atoms with Crippen molar-refractivity contribution in [1.82, 2.24) is 20.4 Å². The second-order valence-electron chi connectivity index (χ2n) is 8.88. The Bertz CT molecular complexity index is 1540. The molecule has 1 saturated carbocycles. The second-order valence-corrected chi connectivity index (χ2v) is 9.25. The Morgan fingerprint density at radius 1 is 1.13 bits per heavy atom. The van der Waals surface area contributed by atoms with E-state index in [0.29, 0.717) is 18.5 Å². The quantitative estimate of drug-likeness (QED) is 0.292. The van der Waals surface area contributed by atoms with Crippen LogP contribution < -0.4 is 20.1 Å². The maximum Gasteiger partial charge on any atom is 0.515 e. The van der Waals surface area contributed by atoms with Gasteiger partial charge < -0.3 is 29.4 Å². The van der Waals surface area contributed by atoms with Gasteiger partial charge in [0.2, 0.25) is 17.5 Å². The van der Waals surface area contributed by atoms with Crippen molar-refractivity contribution in [3.63, 3.8) is 0 Å². The van der Waals surface area contributed by atoms with Crippen LogP contribution in [0.3, 0.4) is 0 Å². The Morgan fingerprint density at radius 3 is 2.54 bits per heavy atom. The molecule has 0 aliphatic heterocycles. The number of para-hydroxylation sites is 1. The first-order chi connectivity index (χ1) is 18.8. The zero-order valence-electron chi connectivity index (χ0n) is 21.2. The molecule has 1 aliphatic rings. The molecule has 2 aromatic heterocycles. The number of benzene rings is 2. The number of rotatable bonds is 9. The summed E-state index contributed by atoms with van der Waals surface area (Å²) in [5.74, 6) is -0.549. The fourth-order valence-electron chi connectivity index (χ4n) is 4.14. The van der Waals surface area contributed by atoms with Gasteiger partial charge in [0.25, 0.3) is 11.8 Å². The Labute approximate surface area is 227 Å². The molecular formula is C27H25ClN4O7. The van der Waals surface area contributed by atoms with E-state index in [1.54, 1.807) is 11.5 Å². The van der Waals surface area contributed by atoms with Gasteiger partial charge in [0, 0.05) is 17.6 Å². The maximum atomic E-state index is 12.9. The van der Waals surface area contributed by atoms with Gasteiger partial charge in [-0.1, -0.05) is 41.9 Å². The lowest BCUT2D eigenvalue weighted by Crippen LogP contribution is -2.48. The number of hydrogen-bond donors (Lipinski definition) is 2. The standard InChI is InChI=1S/C27H25ClN4O7/c1-3-37-26(35)38-24-22(28)18-6-4-5-7-19(18)32(24)17-10-8-16(9-11-17)15-29-25(34)27(12-13-27)30-23(33)20-14-21(36-2)31-39-20/h4-11,14H,3,12-13,15H2,1-2H3,(H,29,34)(H,30,33). The number of hydrogen-bond acceptors (Lipinski definition) is 8. The van der Waals surface area contributed by atoms with E-state index in [1.807, 2.05) is 48.5 Å². The van der Waals surface area contributed by atoms with Gasteiger partial charge in [0.1, 0.15) is 10.6 Å². The normalized spacial score (nSPS) is 13.5. The fourth-order valence-corrected chi connectivity index (χ4v) is 4.42. The van der Waals surface area contributed by atoms with Crippen molar-refractivity contribution < 1.29 is 33.1 Å². The van der Waals surface area contributed by atoms with Crippen LogP contribution in [-0.2, 0) is 16.1 Å². The van der Waals surface area contributed by atoms with Crippen molar-refractivity contribution in [3.05, 3.63) is 70.9 Å². The zero-order chi connectivity index (χ0) is 27.6. The topological polar surface area (TPSA) is 134 Å². The molecule has 11 nitrogen and oxygen atoms in total. The van der Waals surface area contributed by atoms with Gasteiger partial charge in [-0.2, -0.15) is 0 Å². The molecule has 5 rings (SSSR count). The minimum Gasteiger partial charge on any atom is -0.479 e. The minimum absolute atomic E-state index is 0.0366. The van der Waals surface area contributed by atoms with Gasteiger partial charge in [-0.3, -0.25) is 14.2 Å². The number of carbonyl (C=O) groups excluding carboxylic acids is 3. The molecular weight excluding hydrogens is 528 g/mol. The summed E-state index contributed by atoms with van der Waals surface area (Å²) in [5, 5.41) is 10.2. The molecule has 0 unspecified atom stereocenters. The van der Waals surface area contributed by atoms with E-state index in [4.69, 9.17) is 30.3 Å². The first kappa shape index (κ1) is 26.1. The van der Waals surface area contributed by atoms with Gasteiger partial charge in [-0.05, 0) is 48.7 Å². The van der Waals surface area contributed by atoms with E-state index in [2.05, 4.69) is 15.8 Å². The van der Waals surface area contributed by atoms with Gasteiger partial charge in [-0.25, -0.2) is 4.79 Å². The van der Waals surface area contributed by atoms with Gasteiger partial charge in [-0.15, -0.1) is 0 Å². The summed E-state index contributed by atoms with van der Waals surface area (Å²) in [6.07, 6.45) is 0.172. The lowest BCUT2D eigenvalue weighted by Gasteiger charge is -2.16. The highest BCUT2D eigenvalue weighted by atomic mass is 35.5. The van der Waals surface area contributed by atoms with Crippen molar-refractivity contribution in [2.75, 3.05) is 13.7 Å². The molecule has 1 aliphatic carbocycles. The average Bonchev–Trinajstić information content (AvgIpc) is 3.46. The van der Waals surface area contributed by atoms with Crippen LogP contribution >= 0.6 is 11.6 Å². The third-order valence-electron chi connectivity index (χ3n) is 6.32. The zero-order valence-corrected chi connectivity index (χ0v) is 21.9. The molecule has 12 heteroatoms. The molecule has 0 saturated heterocycles. The number of aromatic nitrogens is 2. The van der Waals surface area contributed by atoms with Crippen molar-refractivity contribution in [1.29, 1.82) is 0 Å². The Balaban J connectivity index is 1.28. The predicted octanol–water partition coefficient (Wildman–Crippen LogP) is 4.39. The molecule has 2 heterocycles. The summed E-state index contributed by atoms with van der Waals surface area (Å²) in [5.41, 5.74) is 1.28. The third-order valence-corrected chi connectivity index (χ3v) is 6.69. The Morgan fingerprint density at radius 2 is 1.87 bits per heavy atom. The molecule has 2 aromatic carbocycles. The monoisotopic (exact) mass is 552 g/mol. The van der Waals surface area contributed by atoms with Crippen molar-refractivity contribution in [3.8, 4) is 17.4 Å². The Hall–Kier alpha value is -4.51. The SMILES string of the molecule is CCOC(=O)Oc1c(Cl)c2ccccc2n1-c1ccc(CNC(=O)C2(NC(=O)c3cc(OC)no3)CC2)cc1. The first-order valence-corrected chi connectivity index (χ1v) is 12.6. The van der Waals surface area contributed by atoms with Crippen LogP contribution in [0.5, 0.6) is 11.8 Å². The van der Waals surface area contributed by atoms with Crippen LogP contribution in [0.2, 0.25) is 5.02 Å². The van der Waals surface area contributed by atoms with Crippen LogP contribution in [0.1, 0.15) is 35.9 Å². The Kier molecular flexibility index (Phi) is 7.16. The van der Waals surface area contributed by atoms with E-state index in [1.165, 1.54) is 13.2 Å². The predicted molar refractivity (Wildman–Crippen MR) is 140 cm³/mol. The molecule has 2 N–H and O–H groups in total. The van der Waals surface area contributed by atoms with Crippen molar-refractivity contribution in [2.24, 2.45) is 0 Å². The second kappa shape index (κ2) is 10.7. The van der Waals surface area contributed by atoms with Crippen molar-refractivity contribution >= 4 is 40.5 Å². The summed E-state index contributed by atoms with van der Waals surface area (Å²) >= 11 is 6.56. The maximum absolute atomic E-state index is 12.9. The molecule has 0 spiro atoms. The van der Waals surface area contributed by atoms with Crippen LogP contribution in [0.25, 0.3) is 16.6 Å². The number of nitrogens with one attached hydrogen (secondary N) is 2. The van der Waals surface area contributed by atoms with E-state index in [-0.39, 0.29) is 41.6 Å². The van der Waals surface area contributed by atoms with E-state index < -0.39 is 17.6 Å². The number of amides is 2. The summed E-state index contributed by atoms with van der Waals surface area (Å²) in [7, 11) is 1.41. The van der Waals surface area contributed by atoms with E-state index in [0.717, 1.165) is 16.5 Å². The summed E-state index contributed by atoms with van der Waals surface area (Å²) in [6, 6.07) is 16.1. The largest absolute Gasteiger partial charge is 0.515 e. The number of nitrogens with zero attached hydrogens (tertiary/aromatic N) is 2. The molecule has 202 valence electrons. The van der Waals surface area contributed by atoms with Gasteiger partial charge in [0.15, 0.2) is 0 Å². The molecule has 4 aromatic rings. The molecule has 0 radical (unpaired) electrons.